The molecule has 0 saturated heterocycles. The van der Waals surface area contributed by atoms with Gasteiger partial charge in [0.15, 0.2) is 0 Å². The normalized spacial score (nSPS) is 50.0. The summed E-state index contributed by atoms with van der Waals surface area (Å²) in [5.41, 5.74) is 3.47. The third-order valence-corrected chi connectivity index (χ3v) is 9.94. The third kappa shape index (κ3) is 2.57. The van der Waals surface area contributed by atoms with Gasteiger partial charge >= 0.3 is 0 Å². The van der Waals surface area contributed by atoms with Crippen LogP contribution in [0.2, 0.25) is 0 Å². The van der Waals surface area contributed by atoms with Crippen molar-refractivity contribution >= 4 is 0 Å². The molecule has 3 heteroatoms. The van der Waals surface area contributed by atoms with Gasteiger partial charge in [-0.25, -0.2) is 0 Å². The highest BCUT2D eigenvalue weighted by atomic mass is 16.3. The molecular formula is C24H40O3. The van der Waals surface area contributed by atoms with Crippen molar-refractivity contribution in [2.24, 2.45) is 39.9 Å². The van der Waals surface area contributed by atoms with Crippen LogP contribution >= 0.6 is 0 Å². The Kier molecular flexibility index (Phi) is 4.65. The Morgan fingerprint density at radius 2 is 1.74 bits per heavy atom. The van der Waals surface area contributed by atoms with Gasteiger partial charge in [-0.3, -0.25) is 0 Å². The fraction of sp³-hybridized carbons (Fsp3) is 0.917. The summed E-state index contributed by atoms with van der Waals surface area (Å²) in [6.07, 6.45) is 6.85. The molecule has 3 N–H and O–H groups in total. The van der Waals surface area contributed by atoms with E-state index < -0.39 is 0 Å². The summed E-state index contributed by atoms with van der Waals surface area (Å²) in [4.78, 5) is 0. The molecule has 154 valence electrons. The van der Waals surface area contributed by atoms with Crippen LogP contribution in [0.25, 0.3) is 0 Å². The highest BCUT2D eigenvalue weighted by Gasteiger charge is 2.61. The first-order valence-electron chi connectivity index (χ1n) is 11.3. The molecule has 0 amide bonds. The Morgan fingerprint density at radius 3 is 2.41 bits per heavy atom. The van der Waals surface area contributed by atoms with Crippen LogP contribution in [0.3, 0.4) is 0 Å². The van der Waals surface area contributed by atoms with Crippen molar-refractivity contribution < 1.29 is 15.3 Å². The minimum Gasteiger partial charge on any atom is -0.396 e. The molecule has 27 heavy (non-hydrogen) atoms. The van der Waals surface area contributed by atoms with E-state index in [1.54, 1.807) is 11.1 Å². The molecule has 0 unspecified atom stereocenters. The van der Waals surface area contributed by atoms with Gasteiger partial charge in [0.05, 0.1) is 12.2 Å². The maximum absolute atomic E-state index is 11.1. The van der Waals surface area contributed by atoms with E-state index in [0.717, 1.165) is 44.9 Å². The number of hydrogen-bond donors (Lipinski definition) is 3. The molecule has 0 radical (unpaired) electrons. The van der Waals surface area contributed by atoms with Crippen molar-refractivity contribution in [1.82, 2.24) is 0 Å². The molecule has 3 nitrogen and oxygen atoms in total. The Bertz CT molecular complexity index is 638. The van der Waals surface area contributed by atoms with Gasteiger partial charge in [0.2, 0.25) is 0 Å². The van der Waals surface area contributed by atoms with E-state index in [4.69, 9.17) is 0 Å². The maximum atomic E-state index is 11.1. The minimum absolute atomic E-state index is 0.0332. The average Bonchev–Trinajstić information content (AvgIpc) is 2.89. The zero-order valence-electron chi connectivity index (χ0n) is 18.0. The van der Waals surface area contributed by atoms with Crippen LogP contribution in [0.5, 0.6) is 0 Å². The van der Waals surface area contributed by atoms with E-state index in [1.165, 1.54) is 0 Å². The molecule has 4 aliphatic carbocycles. The fourth-order valence-electron chi connectivity index (χ4n) is 8.41. The number of rotatable bonds is 2. The lowest BCUT2D eigenvalue weighted by atomic mass is 9.45. The topological polar surface area (TPSA) is 60.7 Å². The first kappa shape index (κ1) is 19.9. The molecule has 0 aliphatic heterocycles. The van der Waals surface area contributed by atoms with Gasteiger partial charge in [-0.1, -0.05) is 45.8 Å². The third-order valence-electron chi connectivity index (χ3n) is 9.94. The molecule has 0 aromatic heterocycles. The number of aliphatic hydroxyl groups excluding tert-OH is 3. The fourth-order valence-corrected chi connectivity index (χ4v) is 8.41. The highest BCUT2D eigenvalue weighted by Crippen LogP contribution is 2.67. The lowest BCUT2D eigenvalue weighted by Gasteiger charge is -2.60. The minimum atomic E-state index is -0.262. The lowest BCUT2D eigenvalue weighted by Crippen LogP contribution is -2.54. The van der Waals surface area contributed by atoms with Crippen LogP contribution in [0.4, 0.5) is 0 Å². The summed E-state index contributed by atoms with van der Waals surface area (Å²) in [5.74, 6) is 1.47. The zero-order chi connectivity index (χ0) is 19.8. The molecule has 0 aromatic rings. The molecule has 0 spiro atoms. The zero-order valence-corrected chi connectivity index (χ0v) is 18.0. The van der Waals surface area contributed by atoms with Crippen molar-refractivity contribution in [3.05, 3.63) is 11.1 Å². The molecule has 2 fully saturated rings. The van der Waals surface area contributed by atoms with E-state index in [1.807, 2.05) is 0 Å². The summed E-state index contributed by atoms with van der Waals surface area (Å²) >= 11 is 0. The van der Waals surface area contributed by atoms with Crippen LogP contribution < -0.4 is 0 Å². The summed E-state index contributed by atoms with van der Waals surface area (Å²) in [7, 11) is 0. The van der Waals surface area contributed by atoms with Crippen molar-refractivity contribution in [3.8, 4) is 0 Å². The van der Waals surface area contributed by atoms with Crippen molar-refractivity contribution in [1.29, 1.82) is 0 Å². The van der Waals surface area contributed by atoms with E-state index >= 15 is 0 Å². The number of hydrogen-bond acceptors (Lipinski definition) is 3. The number of fused-ring (bicyclic) bond motifs is 4. The molecule has 0 heterocycles. The molecule has 4 aliphatic rings. The van der Waals surface area contributed by atoms with E-state index in [9.17, 15) is 15.3 Å². The summed E-state index contributed by atoms with van der Waals surface area (Å²) in [6.45, 7) is 11.7. The quantitative estimate of drug-likeness (QED) is 0.630. The largest absolute Gasteiger partial charge is 0.396 e. The summed E-state index contributed by atoms with van der Waals surface area (Å²) in [5, 5.41) is 31.6. The first-order chi connectivity index (χ1) is 12.6. The van der Waals surface area contributed by atoms with Crippen LogP contribution in [-0.2, 0) is 0 Å². The predicted molar refractivity (Wildman–Crippen MR) is 108 cm³/mol. The summed E-state index contributed by atoms with van der Waals surface area (Å²) < 4.78 is 0. The molecule has 0 aromatic carbocycles. The summed E-state index contributed by atoms with van der Waals surface area (Å²) in [6, 6.07) is 0. The second-order valence-corrected chi connectivity index (χ2v) is 11.4. The maximum Gasteiger partial charge on any atom is 0.0613 e. The smallest absolute Gasteiger partial charge is 0.0613 e. The molecule has 8 atom stereocenters. The SMILES string of the molecule is C[C@H](CO)[C@H]1C[C@@H](O)[C@@H]2C3=C(CC[C@]12C)[C@@]1(C)CC[C@H](O)C(C)(C)[C@@H]1CC3. The van der Waals surface area contributed by atoms with E-state index in [2.05, 4.69) is 34.6 Å². The van der Waals surface area contributed by atoms with Gasteiger partial charge in [0, 0.05) is 12.5 Å². The Hall–Kier alpha value is -0.380. The van der Waals surface area contributed by atoms with Crippen LogP contribution in [0, 0.1) is 39.9 Å². The molecular weight excluding hydrogens is 336 g/mol. The second-order valence-electron chi connectivity index (χ2n) is 11.4. The average molecular weight is 377 g/mol. The molecule has 0 bridgehead atoms. The van der Waals surface area contributed by atoms with Gasteiger partial charge in [0.1, 0.15) is 0 Å². The van der Waals surface area contributed by atoms with E-state index in [0.29, 0.717) is 11.8 Å². The van der Waals surface area contributed by atoms with Crippen LogP contribution in [0.15, 0.2) is 11.1 Å². The van der Waals surface area contributed by atoms with E-state index in [-0.39, 0.29) is 46.9 Å². The Morgan fingerprint density at radius 1 is 1.04 bits per heavy atom. The van der Waals surface area contributed by atoms with Crippen LogP contribution in [-0.4, -0.2) is 34.1 Å². The number of allylic oxidation sites excluding steroid dienone is 1. The lowest BCUT2D eigenvalue weighted by molar-refractivity contribution is -0.0942. The highest BCUT2D eigenvalue weighted by molar-refractivity contribution is 5.36. The number of aliphatic hydroxyl groups is 3. The van der Waals surface area contributed by atoms with Gasteiger partial charge in [-0.05, 0) is 78.9 Å². The van der Waals surface area contributed by atoms with Gasteiger partial charge < -0.3 is 15.3 Å². The van der Waals surface area contributed by atoms with Crippen molar-refractivity contribution in [2.45, 2.75) is 91.8 Å². The van der Waals surface area contributed by atoms with Gasteiger partial charge in [0.25, 0.3) is 0 Å². The second kappa shape index (κ2) is 6.31. The predicted octanol–water partition coefficient (Wildman–Crippen LogP) is 4.31. The van der Waals surface area contributed by atoms with Gasteiger partial charge in [-0.2, -0.15) is 0 Å². The molecule has 2 saturated carbocycles. The van der Waals surface area contributed by atoms with Crippen LogP contribution in [0.1, 0.15) is 79.6 Å². The van der Waals surface area contributed by atoms with Crippen molar-refractivity contribution in [3.63, 3.8) is 0 Å². The molecule has 4 rings (SSSR count). The van der Waals surface area contributed by atoms with Crippen molar-refractivity contribution in [2.75, 3.05) is 6.61 Å². The monoisotopic (exact) mass is 376 g/mol. The Balaban J connectivity index is 1.75. The first-order valence-corrected chi connectivity index (χ1v) is 11.3. The Labute approximate surface area is 165 Å². The standard InChI is InChI=1S/C24H40O3/c1-14(13-25)17-12-18(26)21-15-6-7-19-22(2,3)20(27)9-11-23(19,4)16(15)8-10-24(17,21)5/h14,17-21,25-27H,6-13H2,1-5H3/t14-,17-,18-,19+,20+,21+,23-,24-/m1/s1. The van der Waals surface area contributed by atoms with Gasteiger partial charge in [-0.15, -0.1) is 0 Å².